The third kappa shape index (κ3) is 4.29. The van der Waals surface area contributed by atoms with E-state index in [0.29, 0.717) is 36.7 Å². The van der Waals surface area contributed by atoms with Gasteiger partial charge >= 0.3 is 0 Å². The first-order valence-electron chi connectivity index (χ1n) is 8.35. The van der Waals surface area contributed by atoms with Gasteiger partial charge in [0.2, 0.25) is 5.91 Å². The number of nitrogens with zero attached hydrogens (tertiary/aromatic N) is 1. The predicted octanol–water partition coefficient (Wildman–Crippen LogP) is 2.77. The molecule has 1 amide bonds. The fourth-order valence-corrected chi connectivity index (χ4v) is 5.87. The minimum Gasteiger partial charge on any atom is -0.352 e. The van der Waals surface area contributed by atoms with Gasteiger partial charge in [0.25, 0.3) is 10.0 Å². The van der Waals surface area contributed by atoms with Gasteiger partial charge in [-0.15, -0.1) is 11.3 Å². The van der Waals surface area contributed by atoms with Crippen LogP contribution in [0.15, 0.2) is 46.7 Å². The van der Waals surface area contributed by atoms with E-state index in [1.807, 2.05) is 43.3 Å². The monoisotopic (exact) mass is 378 g/mol. The fourth-order valence-electron chi connectivity index (χ4n) is 2.97. The van der Waals surface area contributed by atoms with E-state index in [1.165, 1.54) is 15.6 Å². The highest BCUT2D eigenvalue weighted by atomic mass is 32.2. The summed E-state index contributed by atoms with van der Waals surface area (Å²) in [4.78, 5) is 13.3. The molecule has 1 aromatic heterocycles. The number of hydrogen-bond acceptors (Lipinski definition) is 4. The Balaban J connectivity index is 1.54. The van der Waals surface area contributed by atoms with Crippen molar-refractivity contribution in [3.63, 3.8) is 0 Å². The Morgan fingerprint density at radius 1 is 1.16 bits per heavy atom. The van der Waals surface area contributed by atoms with Crippen molar-refractivity contribution in [2.45, 2.75) is 30.5 Å². The number of rotatable bonds is 5. The summed E-state index contributed by atoms with van der Waals surface area (Å²) >= 11 is 1.29. The Morgan fingerprint density at radius 3 is 2.44 bits per heavy atom. The van der Waals surface area contributed by atoms with Gasteiger partial charge in [-0.2, -0.15) is 4.31 Å². The molecule has 1 fully saturated rings. The second-order valence-electron chi connectivity index (χ2n) is 6.25. The smallest absolute Gasteiger partial charge is 0.252 e. The number of hydrogen-bond donors (Lipinski definition) is 1. The lowest BCUT2D eigenvalue weighted by Gasteiger charge is -2.30. The van der Waals surface area contributed by atoms with Crippen molar-refractivity contribution in [3.8, 4) is 0 Å². The summed E-state index contributed by atoms with van der Waals surface area (Å²) in [7, 11) is -3.43. The first-order valence-corrected chi connectivity index (χ1v) is 10.6. The number of benzene rings is 1. The molecule has 1 aromatic carbocycles. The molecular formula is C18H22N2O3S2. The van der Waals surface area contributed by atoms with Gasteiger partial charge in [-0.05, 0) is 37.5 Å². The molecule has 0 bridgehead atoms. The summed E-state index contributed by atoms with van der Waals surface area (Å²) in [5, 5.41) is 2.95. The number of aryl methyl sites for hydroxylation is 1. The van der Waals surface area contributed by atoms with E-state index in [2.05, 4.69) is 5.32 Å². The van der Waals surface area contributed by atoms with Crippen molar-refractivity contribution in [3.05, 3.63) is 52.9 Å². The largest absolute Gasteiger partial charge is 0.352 e. The maximum atomic E-state index is 12.6. The molecular weight excluding hydrogens is 356 g/mol. The van der Waals surface area contributed by atoms with Gasteiger partial charge in [0.05, 0.1) is 0 Å². The van der Waals surface area contributed by atoms with Crippen LogP contribution in [0.25, 0.3) is 0 Å². The molecule has 5 nitrogen and oxygen atoms in total. The maximum Gasteiger partial charge on any atom is 0.252 e. The van der Waals surface area contributed by atoms with Crippen LogP contribution in [0, 0.1) is 12.8 Å². The summed E-state index contributed by atoms with van der Waals surface area (Å²) in [6.07, 6.45) is 1.12. The standard InChI is InChI=1S/C18H22N2O3S2/c1-14-7-8-17(24-14)25(22,23)20-11-9-16(10-12-20)18(21)19-13-15-5-3-2-4-6-15/h2-8,16H,9-13H2,1H3,(H,19,21). The minimum atomic E-state index is -3.43. The SMILES string of the molecule is Cc1ccc(S(=O)(=O)N2CCC(C(=O)NCc3ccccc3)CC2)s1. The summed E-state index contributed by atoms with van der Waals surface area (Å²) in [6.45, 7) is 3.19. The number of nitrogens with one attached hydrogen (secondary N) is 1. The Labute approximate surface area is 152 Å². The molecule has 134 valence electrons. The van der Waals surface area contributed by atoms with Gasteiger partial charge in [0.1, 0.15) is 4.21 Å². The predicted molar refractivity (Wildman–Crippen MR) is 98.8 cm³/mol. The van der Waals surface area contributed by atoms with Crippen LogP contribution in [0.5, 0.6) is 0 Å². The lowest BCUT2D eigenvalue weighted by Crippen LogP contribution is -2.42. The van der Waals surface area contributed by atoms with Crippen LogP contribution >= 0.6 is 11.3 Å². The van der Waals surface area contributed by atoms with E-state index in [9.17, 15) is 13.2 Å². The highest BCUT2D eigenvalue weighted by Gasteiger charge is 2.32. The van der Waals surface area contributed by atoms with E-state index in [-0.39, 0.29) is 11.8 Å². The lowest BCUT2D eigenvalue weighted by molar-refractivity contribution is -0.126. The highest BCUT2D eigenvalue weighted by molar-refractivity contribution is 7.91. The number of sulfonamides is 1. The van der Waals surface area contributed by atoms with E-state index < -0.39 is 10.0 Å². The van der Waals surface area contributed by atoms with Crippen LogP contribution in [0.4, 0.5) is 0 Å². The summed E-state index contributed by atoms with van der Waals surface area (Å²) in [5.74, 6) is -0.117. The van der Waals surface area contributed by atoms with Crippen LogP contribution in [-0.2, 0) is 21.4 Å². The Morgan fingerprint density at radius 2 is 1.84 bits per heavy atom. The molecule has 1 aliphatic heterocycles. The van der Waals surface area contributed by atoms with Gasteiger partial charge < -0.3 is 5.32 Å². The summed E-state index contributed by atoms with van der Waals surface area (Å²) in [5.41, 5.74) is 1.06. The van der Waals surface area contributed by atoms with E-state index >= 15 is 0 Å². The normalized spacial score (nSPS) is 16.7. The average Bonchev–Trinajstić information content (AvgIpc) is 3.08. The van der Waals surface area contributed by atoms with Crippen LogP contribution in [0.1, 0.15) is 23.3 Å². The molecule has 1 N–H and O–H groups in total. The van der Waals surface area contributed by atoms with E-state index in [1.54, 1.807) is 6.07 Å². The number of amides is 1. The maximum absolute atomic E-state index is 12.6. The molecule has 0 atom stereocenters. The zero-order chi connectivity index (χ0) is 17.9. The Kier molecular flexibility index (Phi) is 5.56. The number of carbonyl (C=O) groups excluding carboxylic acids is 1. The molecule has 1 aliphatic rings. The minimum absolute atomic E-state index is 0.00729. The van der Waals surface area contributed by atoms with Gasteiger partial charge in [0, 0.05) is 30.4 Å². The second-order valence-corrected chi connectivity index (χ2v) is 9.70. The molecule has 0 spiro atoms. The van der Waals surface area contributed by atoms with Crippen molar-refractivity contribution >= 4 is 27.3 Å². The number of thiophene rings is 1. The third-order valence-corrected chi connectivity index (χ3v) is 7.81. The molecule has 0 saturated carbocycles. The Bertz CT molecular complexity index is 823. The van der Waals surface area contributed by atoms with E-state index in [0.717, 1.165) is 10.4 Å². The van der Waals surface area contributed by atoms with Gasteiger partial charge in [-0.3, -0.25) is 4.79 Å². The van der Waals surface area contributed by atoms with E-state index in [4.69, 9.17) is 0 Å². The summed E-state index contributed by atoms with van der Waals surface area (Å²) in [6, 6.07) is 13.2. The molecule has 0 aliphatic carbocycles. The molecule has 0 unspecified atom stereocenters. The molecule has 0 radical (unpaired) electrons. The van der Waals surface area contributed by atoms with Crippen molar-refractivity contribution < 1.29 is 13.2 Å². The second kappa shape index (κ2) is 7.68. The van der Waals surface area contributed by atoms with Crippen LogP contribution in [-0.4, -0.2) is 31.7 Å². The first kappa shape index (κ1) is 18.1. The molecule has 3 rings (SSSR count). The zero-order valence-corrected chi connectivity index (χ0v) is 15.8. The van der Waals surface area contributed by atoms with Crippen molar-refractivity contribution in [1.29, 1.82) is 0 Å². The van der Waals surface area contributed by atoms with Gasteiger partial charge in [-0.25, -0.2) is 8.42 Å². The average molecular weight is 379 g/mol. The lowest BCUT2D eigenvalue weighted by atomic mass is 9.97. The third-order valence-electron chi connectivity index (χ3n) is 4.44. The van der Waals surface area contributed by atoms with Crippen molar-refractivity contribution in [2.24, 2.45) is 5.92 Å². The Hall–Kier alpha value is -1.70. The van der Waals surface area contributed by atoms with Crippen LogP contribution in [0.2, 0.25) is 0 Å². The van der Waals surface area contributed by atoms with Gasteiger partial charge in [-0.1, -0.05) is 30.3 Å². The topological polar surface area (TPSA) is 66.5 Å². The fraction of sp³-hybridized carbons (Fsp3) is 0.389. The molecule has 1 saturated heterocycles. The molecule has 2 heterocycles. The van der Waals surface area contributed by atoms with Crippen LogP contribution in [0.3, 0.4) is 0 Å². The van der Waals surface area contributed by atoms with Crippen LogP contribution < -0.4 is 5.32 Å². The number of piperidine rings is 1. The molecule has 2 aromatic rings. The molecule has 25 heavy (non-hydrogen) atoms. The van der Waals surface area contributed by atoms with Crippen molar-refractivity contribution in [1.82, 2.24) is 9.62 Å². The quantitative estimate of drug-likeness (QED) is 0.870. The number of carbonyl (C=O) groups is 1. The van der Waals surface area contributed by atoms with Crippen molar-refractivity contribution in [2.75, 3.05) is 13.1 Å². The zero-order valence-electron chi connectivity index (χ0n) is 14.1. The molecule has 7 heteroatoms. The highest BCUT2D eigenvalue weighted by Crippen LogP contribution is 2.28. The van der Waals surface area contributed by atoms with Gasteiger partial charge in [0.15, 0.2) is 0 Å². The first-order chi connectivity index (χ1) is 12.0. The summed E-state index contributed by atoms with van der Waals surface area (Å²) < 4.78 is 27.1.